The number of aromatic amines is 1. The Bertz CT molecular complexity index is 750. The molecule has 104 valence electrons. The molecule has 6 nitrogen and oxygen atoms in total. The molecular weight excluding hydrogens is 283 g/mol. The lowest BCUT2D eigenvalue weighted by atomic mass is 10.1. The number of rotatable bonds is 4. The highest BCUT2D eigenvalue weighted by atomic mass is 32.2. The van der Waals surface area contributed by atoms with E-state index in [-0.39, 0.29) is 22.6 Å². The van der Waals surface area contributed by atoms with Crippen molar-refractivity contribution < 1.29 is 12.8 Å². The van der Waals surface area contributed by atoms with Gasteiger partial charge < -0.3 is 0 Å². The van der Waals surface area contributed by atoms with Crippen LogP contribution in [0.25, 0.3) is 0 Å². The number of benzene rings is 1. The number of sulfonamides is 1. The largest absolute Gasteiger partial charge is 0.284 e. The first kappa shape index (κ1) is 14.2. The van der Waals surface area contributed by atoms with Gasteiger partial charge in [-0.05, 0) is 18.2 Å². The second-order valence-electron chi connectivity index (χ2n) is 4.11. The van der Waals surface area contributed by atoms with Gasteiger partial charge in [-0.15, -0.1) is 0 Å². The summed E-state index contributed by atoms with van der Waals surface area (Å²) in [6, 6.07) is 5.70. The quantitative estimate of drug-likeness (QED) is 0.918. The summed E-state index contributed by atoms with van der Waals surface area (Å²) in [7, 11) is -2.41. The second kappa shape index (κ2) is 5.40. The second-order valence-corrected chi connectivity index (χ2v) is 6.16. The maximum absolute atomic E-state index is 13.6. The van der Waals surface area contributed by atoms with Crippen LogP contribution in [-0.2, 0) is 16.6 Å². The summed E-state index contributed by atoms with van der Waals surface area (Å²) >= 11 is 0. The molecule has 0 radical (unpaired) electrons. The highest BCUT2D eigenvalue weighted by Crippen LogP contribution is 2.17. The number of nitrogens with zero attached hydrogens (tertiary/aromatic N) is 3. The summed E-state index contributed by atoms with van der Waals surface area (Å²) in [6.45, 7) is -0.172. The standard InChI is InChI=1S/C12H11FN4O2S/c1-17(20(18,19)11-6-15-16-7-11)8-10-4-9(5-14)2-3-12(10)13/h2-4,6-7H,8H2,1H3,(H,15,16). The molecule has 1 N–H and O–H groups in total. The molecule has 0 bridgehead atoms. The fraction of sp³-hybridized carbons (Fsp3) is 0.167. The Kier molecular flexibility index (Phi) is 3.83. The molecule has 0 atom stereocenters. The van der Waals surface area contributed by atoms with Crippen molar-refractivity contribution in [1.29, 1.82) is 5.26 Å². The molecule has 0 saturated carbocycles. The molecule has 0 fully saturated rings. The predicted octanol–water partition coefficient (Wildman–Crippen LogP) is 1.24. The molecule has 0 amide bonds. The van der Waals surface area contributed by atoms with Crippen molar-refractivity contribution in [2.45, 2.75) is 11.4 Å². The van der Waals surface area contributed by atoms with E-state index in [1.165, 1.54) is 31.6 Å². The molecule has 1 aromatic heterocycles. The van der Waals surface area contributed by atoms with Crippen LogP contribution in [0.15, 0.2) is 35.5 Å². The average Bonchev–Trinajstić information content (AvgIpc) is 2.95. The maximum atomic E-state index is 13.6. The van der Waals surface area contributed by atoms with Gasteiger partial charge in [-0.2, -0.15) is 14.7 Å². The Morgan fingerprint density at radius 3 is 2.85 bits per heavy atom. The highest BCUT2D eigenvalue weighted by Gasteiger charge is 2.22. The Morgan fingerprint density at radius 2 is 2.25 bits per heavy atom. The van der Waals surface area contributed by atoms with Crippen molar-refractivity contribution >= 4 is 10.0 Å². The summed E-state index contributed by atoms with van der Waals surface area (Å²) in [5.41, 5.74) is 0.411. The van der Waals surface area contributed by atoms with Crippen LogP contribution in [0.4, 0.5) is 4.39 Å². The normalized spacial score (nSPS) is 11.5. The van der Waals surface area contributed by atoms with Crippen LogP contribution in [-0.4, -0.2) is 30.0 Å². The highest BCUT2D eigenvalue weighted by molar-refractivity contribution is 7.89. The molecule has 8 heteroatoms. The van der Waals surface area contributed by atoms with Crippen LogP contribution in [0, 0.1) is 17.1 Å². The first-order valence-corrected chi connectivity index (χ1v) is 7.03. The van der Waals surface area contributed by atoms with Crippen LogP contribution in [0.5, 0.6) is 0 Å². The van der Waals surface area contributed by atoms with Gasteiger partial charge in [-0.25, -0.2) is 12.8 Å². The van der Waals surface area contributed by atoms with Gasteiger partial charge in [0.05, 0.1) is 17.8 Å². The predicted molar refractivity (Wildman–Crippen MR) is 68.4 cm³/mol. The third kappa shape index (κ3) is 2.68. The minimum absolute atomic E-state index is 0.00292. The van der Waals surface area contributed by atoms with Crippen molar-refractivity contribution in [2.75, 3.05) is 7.05 Å². The minimum atomic E-state index is -3.74. The van der Waals surface area contributed by atoms with Gasteiger partial charge in [0.15, 0.2) is 0 Å². The van der Waals surface area contributed by atoms with E-state index < -0.39 is 15.8 Å². The van der Waals surface area contributed by atoms with Crippen LogP contribution >= 0.6 is 0 Å². The van der Waals surface area contributed by atoms with E-state index in [9.17, 15) is 12.8 Å². The van der Waals surface area contributed by atoms with E-state index in [0.717, 1.165) is 10.4 Å². The topological polar surface area (TPSA) is 89.8 Å². The van der Waals surface area contributed by atoms with E-state index in [1.807, 2.05) is 6.07 Å². The molecule has 0 spiro atoms. The van der Waals surface area contributed by atoms with Crippen molar-refractivity contribution in [1.82, 2.24) is 14.5 Å². The zero-order chi connectivity index (χ0) is 14.8. The fourth-order valence-corrected chi connectivity index (χ4v) is 2.71. The zero-order valence-corrected chi connectivity index (χ0v) is 11.4. The summed E-state index contributed by atoms with van der Waals surface area (Å²) in [5, 5.41) is 14.8. The van der Waals surface area contributed by atoms with Crippen molar-refractivity contribution in [3.8, 4) is 6.07 Å². The molecule has 0 unspecified atom stereocenters. The first-order chi connectivity index (χ1) is 9.45. The molecule has 0 aliphatic heterocycles. The molecule has 2 rings (SSSR count). The van der Waals surface area contributed by atoms with Crippen LogP contribution in [0.3, 0.4) is 0 Å². The minimum Gasteiger partial charge on any atom is -0.284 e. The molecular formula is C12H11FN4O2S. The molecule has 1 aromatic carbocycles. The smallest absolute Gasteiger partial charge is 0.246 e. The maximum Gasteiger partial charge on any atom is 0.246 e. The molecule has 0 saturated heterocycles. The first-order valence-electron chi connectivity index (χ1n) is 5.59. The van der Waals surface area contributed by atoms with Crippen LogP contribution < -0.4 is 0 Å². The number of halogens is 1. The van der Waals surface area contributed by atoms with Crippen molar-refractivity contribution in [3.05, 3.63) is 47.5 Å². The zero-order valence-electron chi connectivity index (χ0n) is 10.5. The Balaban J connectivity index is 2.29. The number of hydrogen-bond donors (Lipinski definition) is 1. The van der Waals surface area contributed by atoms with Crippen LogP contribution in [0.2, 0.25) is 0 Å². The summed E-state index contributed by atoms with van der Waals surface area (Å²) in [5.74, 6) is -0.557. The number of nitriles is 1. The monoisotopic (exact) mass is 294 g/mol. The average molecular weight is 294 g/mol. The van der Waals surface area contributed by atoms with Crippen molar-refractivity contribution in [2.24, 2.45) is 0 Å². The fourth-order valence-electron chi connectivity index (χ4n) is 1.65. The van der Waals surface area contributed by atoms with E-state index in [2.05, 4.69) is 10.2 Å². The summed E-state index contributed by atoms with van der Waals surface area (Å²) in [6.07, 6.45) is 2.42. The number of nitrogens with one attached hydrogen (secondary N) is 1. The van der Waals surface area contributed by atoms with Gasteiger partial charge in [-0.3, -0.25) is 5.10 Å². The lowest BCUT2D eigenvalue weighted by Crippen LogP contribution is -2.26. The third-order valence-electron chi connectivity index (χ3n) is 2.75. The SMILES string of the molecule is CN(Cc1cc(C#N)ccc1F)S(=O)(=O)c1cn[nH]c1. The van der Waals surface area contributed by atoms with E-state index in [4.69, 9.17) is 5.26 Å². The molecule has 2 aromatic rings. The molecule has 0 aliphatic rings. The van der Waals surface area contributed by atoms with Gasteiger partial charge in [0, 0.05) is 25.4 Å². The summed E-state index contributed by atoms with van der Waals surface area (Å²) in [4.78, 5) is -0.00292. The lowest BCUT2D eigenvalue weighted by Gasteiger charge is -2.16. The number of H-pyrrole nitrogens is 1. The number of aromatic nitrogens is 2. The lowest BCUT2D eigenvalue weighted by molar-refractivity contribution is 0.456. The Labute approximate surface area is 115 Å². The Morgan fingerprint density at radius 1 is 1.50 bits per heavy atom. The Hall–Kier alpha value is -2.24. The molecule has 0 aliphatic carbocycles. The van der Waals surface area contributed by atoms with E-state index in [1.54, 1.807) is 0 Å². The van der Waals surface area contributed by atoms with Crippen molar-refractivity contribution in [3.63, 3.8) is 0 Å². The van der Waals surface area contributed by atoms with E-state index >= 15 is 0 Å². The number of hydrogen-bond acceptors (Lipinski definition) is 4. The molecule has 1 heterocycles. The van der Waals surface area contributed by atoms with Gasteiger partial charge >= 0.3 is 0 Å². The van der Waals surface area contributed by atoms with Gasteiger partial charge in [0.25, 0.3) is 0 Å². The third-order valence-corrected chi connectivity index (χ3v) is 4.52. The van der Waals surface area contributed by atoms with E-state index in [0.29, 0.717) is 0 Å². The van der Waals surface area contributed by atoms with Gasteiger partial charge in [0.1, 0.15) is 10.7 Å². The van der Waals surface area contributed by atoms with Gasteiger partial charge in [0.2, 0.25) is 10.0 Å². The van der Waals surface area contributed by atoms with Gasteiger partial charge in [-0.1, -0.05) is 0 Å². The molecule has 20 heavy (non-hydrogen) atoms. The van der Waals surface area contributed by atoms with Crippen LogP contribution in [0.1, 0.15) is 11.1 Å². The summed E-state index contributed by atoms with van der Waals surface area (Å²) < 4.78 is 38.9.